The highest BCUT2D eigenvalue weighted by molar-refractivity contribution is 7.92. The molecule has 0 spiro atoms. The van der Waals surface area contributed by atoms with E-state index in [0.29, 0.717) is 18.8 Å². The lowest BCUT2D eigenvalue weighted by Gasteiger charge is -2.12. The van der Waals surface area contributed by atoms with E-state index in [1.807, 2.05) is 0 Å². The van der Waals surface area contributed by atoms with E-state index in [9.17, 15) is 30.0 Å². The Hall–Kier alpha value is -2.80. The molecule has 0 fully saturated rings. The molecule has 1 aliphatic rings. The van der Waals surface area contributed by atoms with Gasteiger partial charge in [0.1, 0.15) is 11.6 Å². The van der Waals surface area contributed by atoms with Gasteiger partial charge in [0.15, 0.2) is 0 Å². The maximum absolute atomic E-state index is 12.5. The van der Waals surface area contributed by atoms with Crippen molar-refractivity contribution in [3.8, 4) is 5.75 Å². The van der Waals surface area contributed by atoms with Gasteiger partial charge in [-0.05, 0) is 49.2 Å². The average molecular weight is 492 g/mol. The van der Waals surface area contributed by atoms with Crippen LogP contribution in [0, 0.1) is 0 Å². The van der Waals surface area contributed by atoms with E-state index in [-0.39, 0.29) is 10.6 Å². The second-order valence-electron chi connectivity index (χ2n) is 6.90. The molecule has 0 aromatic heterocycles. The predicted molar refractivity (Wildman–Crippen MR) is 111 cm³/mol. The van der Waals surface area contributed by atoms with E-state index < -0.39 is 37.1 Å². The average Bonchev–Trinajstić information content (AvgIpc) is 2.95. The zero-order valence-electron chi connectivity index (χ0n) is 16.6. The summed E-state index contributed by atoms with van der Waals surface area (Å²) in [4.78, 5) is 3.67. The molecule has 0 saturated heterocycles. The number of sulfonamides is 2. The molecule has 3 rings (SSSR count). The third kappa shape index (κ3) is 6.60. The molecule has 2 aromatic rings. The van der Waals surface area contributed by atoms with E-state index in [2.05, 4.69) is 19.2 Å². The number of nitrogens with one attached hydrogen (secondary N) is 2. The molecule has 32 heavy (non-hydrogen) atoms. The fourth-order valence-electron chi connectivity index (χ4n) is 2.93. The molecular weight excluding hydrogens is 471 g/mol. The monoisotopic (exact) mass is 491 g/mol. The minimum Gasteiger partial charge on any atom is -0.406 e. The third-order valence-electron chi connectivity index (χ3n) is 4.39. The number of anilines is 1. The minimum absolute atomic E-state index is 0.0258. The highest BCUT2D eigenvalue weighted by Crippen LogP contribution is 2.26. The summed E-state index contributed by atoms with van der Waals surface area (Å²) in [6, 6.07) is 8.79. The topological polar surface area (TPSA) is 114 Å². The normalized spacial score (nSPS) is 15.4. The van der Waals surface area contributed by atoms with Crippen LogP contribution in [0.2, 0.25) is 0 Å². The molecule has 1 aliphatic heterocycles. The zero-order valence-corrected chi connectivity index (χ0v) is 18.2. The maximum atomic E-state index is 12.5. The number of amidine groups is 1. The first-order chi connectivity index (χ1) is 14.9. The Morgan fingerprint density at radius 3 is 2.22 bits per heavy atom. The smallest absolute Gasteiger partial charge is 0.406 e. The van der Waals surface area contributed by atoms with Crippen molar-refractivity contribution in [2.75, 3.05) is 11.3 Å². The van der Waals surface area contributed by atoms with Gasteiger partial charge in [0, 0.05) is 24.7 Å². The number of hydrogen-bond donors (Lipinski definition) is 2. The molecule has 13 heteroatoms. The van der Waals surface area contributed by atoms with Crippen LogP contribution >= 0.6 is 0 Å². The van der Waals surface area contributed by atoms with Crippen molar-refractivity contribution >= 4 is 31.6 Å². The number of halogens is 3. The van der Waals surface area contributed by atoms with Gasteiger partial charge < -0.3 is 4.74 Å². The van der Waals surface area contributed by atoms with Crippen LogP contribution in [-0.2, 0) is 20.0 Å². The first kappa shape index (κ1) is 23.9. The number of aliphatic imine (C=N–C) groups is 1. The summed E-state index contributed by atoms with van der Waals surface area (Å²) in [5.74, 6) is -0.303. The van der Waals surface area contributed by atoms with Gasteiger partial charge in [-0.15, -0.1) is 13.2 Å². The molecule has 0 atom stereocenters. The molecule has 174 valence electrons. The number of ether oxygens (including phenoxy) is 1. The van der Waals surface area contributed by atoms with Crippen molar-refractivity contribution in [2.24, 2.45) is 4.99 Å². The Balaban J connectivity index is 1.73. The molecule has 0 bridgehead atoms. The molecule has 0 saturated carbocycles. The first-order valence-corrected chi connectivity index (χ1v) is 12.5. The Labute approximate surface area is 183 Å². The summed E-state index contributed by atoms with van der Waals surface area (Å²) in [6.07, 6.45) is -1.75. The van der Waals surface area contributed by atoms with Crippen LogP contribution in [0.5, 0.6) is 5.75 Å². The summed E-state index contributed by atoms with van der Waals surface area (Å²) in [5, 5.41) is 0. The summed E-state index contributed by atoms with van der Waals surface area (Å²) < 4.78 is 95.6. The van der Waals surface area contributed by atoms with Crippen molar-refractivity contribution in [2.45, 2.75) is 41.8 Å². The van der Waals surface area contributed by atoms with Crippen LogP contribution in [-0.4, -0.2) is 35.6 Å². The molecule has 8 nitrogen and oxygen atoms in total. The molecule has 0 amide bonds. The van der Waals surface area contributed by atoms with E-state index in [1.54, 1.807) is 0 Å². The van der Waals surface area contributed by atoms with Crippen LogP contribution in [0.3, 0.4) is 0 Å². The molecule has 1 heterocycles. The summed E-state index contributed by atoms with van der Waals surface area (Å²) in [7, 11) is -8.14. The minimum atomic E-state index is -4.96. The maximum Gasteiger partial charge on any atom is 0.573 e. The molecule has 2 N–H and O–H groups in total. The molecular formula is C19H20F3N3O5S2. The lowest BCUT2D eigenvalue weighted by atomic mass is 10.2. The van der Waals surface area contributed by atoms with Gasteiger partial charge in [0.25, 0.3) is 20.0 Å². The van der Waals surface area contributed by atoms with E-state index in [4.69, 9.17) is 0 Å². The summed E-state index contributed by atoms with van der Waals surface area (Å²) >= 11 is 0. The van der Waals surface area contributed by atoms with Crippen LogP contribution < -0.4 is 14.2 Å². The number of nitrogens with zero attached hydrogens (tertiary/aromatic N) is 1. The third-order valence-corrected chi connectivity index (χ3v) is 7.17. The van der Waals surface area contributed by atoms with Gasteiger partial charge in [0.05, 0.1) is 9.79 Å². The van der Waals surface area contributed by atoms with Crippen molar-refractivity contribution in [1.29, 1.82) is 0 Å². The molecule has 0 unspecified atom stereocenters. The van der Waals surface area contributed by atoms with Gasteiger partial charge in [0.2, 0.25) is 0 Å². The second kappa shape index (κ2) is 9.36. The van der Waals surface area contributed by atoms with Gasteiger partial charge in [-0.2, -0.15) is 0 Å². The van der Waals surface area contributed by atoms with Crippen LogP contribution in [0.15, 0.2) is 63.3 Å². The summed E-state index contributed by atoms with van der Waals surface area (Å²) in [5.41, 5.74) is 0.0258. The lowest BCUT2D eigenvalue weighted by molar-refractivity contribution is -0.274. The Kier molecular flexibility index (Phi) is 6.98. The molecule has 0 aliphatic carbocycles. The molecule has 2 aromatic carbocycles. The Morgan fingerprint density at radius 1 is 0.844 bits per heavy atom. The van der Waals surface area contributed by atoms with Crippen molar-refractivity contribution in [3.63, 3.8) is 0 Å². The highest BCUT2D eigenvalue weighted by Gasteiger charge is 2.31. The quantitative estimate of drug-likeness (QED) is 0.641. The first-order valence-electron chi connectivity index (χ1n) is 9.49. The van der Waals surface area contributed by atoms with Gasteiger partial charge >= 0.3 is 6.36 Å². The largest absolute Gasteiger partial charge is 0.573 e. The Morgan fingerprint density at radius 2 is 1.53 bits per heavy atom. The highest BCUT2D eigenvalue weighted by atomic mass is 32.2. The number of hydrogen-bond acceptors (Lipinski definition) is 6. The molecule has 0 radical (unpaired) electrons. The zero-order chi connectivity index (χ0) is 23.4. The van der Waals surface area contributed by atoms with Crippen LogP contribution in [0.4, 0.5) is 18.9 Å². The number of rotatable bonds is 6. The van der Waals surface area contributed by atoms with Crippen molar-refractivity contribution < 1.29 is 34.7 Å². The van der Waals surface area contributed by atoms with E-state index in [0.717, 1.165) is 43.5 Å². The lowest BCUT2D eigenvalue weighted by Crippen LogP contribution is -2.30. The Bertz CT molecular complexity index is 1200. The fraction of sp³-hybridized carbons (Fsp3) is 0.316. The number of alkyl halides is 3. The summed E-state index contributed by atoms with van der Waals surface area (Å²) in [6.45, 7) is 0.549. The number of benzene rings is 2. The SMILES string of the molecule is O=S(=O)(NC1=NCCCCC1)c1ccc(NS(=O)(=O)c2cccc(OC(F)(F)F)c2)cc1. The second-order valence-corrected chi connectivity index (χ2v) is 10.3. The van der Waals surface area contributed by atoms with Crippen molar-refractivity contribution in [3.05, 3.63) is 48.5 Å². The van der Waals surface area contributed by atoms with Gasteiger partial charge in [-0.3, -0.25) is 14.4 Å². The van der Waals surface area contributed by atoms with E-state index in [1.165, 1.54) is 24.3 Å². The standard InChI is InChI=1S/C19H20F3N3O5S2/c20-19(21,22)30-15-5-4-6-17(13-15)32(28,29)24-14-8-10-16(11-9-14)31(26,27)25-18-7-2-1-3-12-23-18/h4-6,8-11,13,24H,1-3,7,12H2,(H,23,25). The van der Waals surface area contributed by atoms with Crippen molar-refractivity contribution in [1.82, 2.24) is 4.72 Å². The predicted octanol–water partition coefficient (Wildman–Crippen LogP) is 3.64. The van der Waals surface area contributed by atoms with Crippen LogP contribution in [0.25, 0.3) is 0 Å². The van der Waals surface area contributed by atoms with Gasteiger partial charge in [-0.1, -0.05) is 12.5 Å². The van der Waals surface area contributed by atoms with E-state index >= 15 is 0 Å². The van der Waals surface area contributed by atoms with Crippen LogP contribution in [0.1, 0.15) is 25.7 Å². The fourth-order valence-corrected chi connectivity index (χ4v) is 5.11. The van der Waals surface area contributed by atoms with Gasteiger partial charge in [-0.25, -0.2) is 16.8 Å².